The maximum Gasteiger partial charge on any atom is 0.416 e. The van der Waals surface area contributed by atoms with Gasteiger partial charge < -0.3 is 10.6 Å². The number of carbonyl (C=O) groups excluding carboxylic acids is 1. The van der Waals surface area contributed by atoms with Gasteiger partial charge in [0.25, 0.3) is 0 Å². The van der Waals surface area contributed by atoms with Crippen molar-refractivity contribution in [2.75, 3.05) is 13.1 Å². The monoisotopic (exact) mass is 480 g/mol. The van der Waals surface area contributed by atoms with E-state index in [1.54, 1.807) is 11.0 Å². The molecule has 1 aliphatic carbocycles. The summed E-state index contributed by atoms with van der Waals surface area (Å²) in [5.41, 5.74) is 8.31. The quantitative estimate of drug-likeness (QED) is 0.642. The highest BCUT2D eigenvalue weighted by molar-refractivity contribution is 9.10. The standard InChI is InChI=1S/C23H24BrF3N2O/c24-18-7-3-5-16-19(28)14-22(21(16)18)10-12-29(13-11-22)20(30)9-8-15-4-1-2-6-17(15)23(25,26)27/h1-7,19H,8-14,28H2. The molecule has 1 saturated heterocycles. The second kappa shape index (κ2) is 8.00. The Labute approximate surface area is 182 Å². The first kappa shape index (κ1) is 21.4. The molecule has 0 saturated carbocycles. The van der Waals surface area contributed by atoms with E-state index < -0.39 is 11.7 Å². The summed E-state index contributed by atoms with van der Waals surface area (Å²) in [7, 11) is 0. The van der Waals surface area contributed by atoms with Gasteiger partial charge in [-0.05, 0) is 54.5 Å². The Balaban J connectivity index is 1.41. The van der Waals surface area contributed by atoms with Crippen molar-refractivity contribution in [2.45, 2.75) is 49.7 Å². The second-order valence-electron chi connectivity index (χ2n) is 8.33. The van der Waals surface area contributed by atoms with Gasteiger partial charge >= 0.3 is 6.18 Å². The van der Waals surface area contributed by atoms with Crippen LogP contribution >= 0.6 is 15.9 Å². The first-order valence-corrected chi connectivity index (χ1v) is 11.0. The van der Waals surface area contributed by atoms with Gasteiger partial charge in [-0.1, -0.05) is 46.3 Å². The van der Waals surface area contributed by atoms with E-state index in [0.717, 1.165) is 29.8 Å². The number of hydrogen-bond donors (Lipinski definition) is 1. The van der Waals surface area contributed by atoms with Crippen LogP contribution in [-0.4, -0.2) is 23.9 Å². The molecule has 1 aliphatic heterocycles. The van der Waals surface area contributed by atoms with E-state index in [1.807, 2.05) is 12.1 Å². The van der Waals surface area contributed by atoms with E-state index in [0.29, 0.717) is 13.1 Å². The number of nitrogens with two attached hydrogens (primary N) is 1. The average molecular weight is 481 g/mol. The molecule has 1 spiro atoms. The van der Waals surface area contributed by atoms with Crippen molar-refractivity contribution in [2.24, 2.45) is 5.73 Å². The van der Waals surface area contributed by atoms with Crippen molar-refractivity contribution >= 4 is 21.8 Å². The molecule has 7 heteroatoms. The van der Waals surface area contributed by atoms with Crippen molar-refractivity contribution in [3.05, 3.63) is 69.2 Å². The average Bonchev–Trinajstić information content (AvgIpc) is 2.99. The van der Waals surface area contributed by atoms with Crippen LogP contribution in [0.5, 0.6) is 0 Å². The van der Waals surface area contributed by atoms with Crippen molar-refractivity contribution in [3.63, 3.8) is 0 Å². The van der Waals surface area contributed by atoms with Crippen LogP contribution in [0.1, 0.15) is 54.0 Å². The number of nitrogens with zero attached hydrogens (tertiary/aromatic N) is 1. The molecule has 2 N–H and O–H groups in total. The summed E-state index contributed by atoms with van der Waals surface area (Å²) in [6.07, 6.45) is -1.72. The minimum absolute atomic E-state index is 0.00128. The summed E-state index contributed by atoms with van der Waals surface area (Å²) in [6.45, 7) is 1.21. The molecule has 2 aliphatic rings. The molecular weight excluding hydrogens is 457 g/mol. The minimum Gasteiger partial charge on any atom is -0.343 e. The number of benzene rings is 2. The van der Waals surface area contributed by atoms with Crippen LogP contribution < -0.4 is 5.73 Å². The number of halogens is 4. The van der Waals surface area contributed by atoms with Crippen molar-refractivity contribution in [3.8, 4) is 0 Å². The molecule has 1 unspecified atom stereocenters. The number of aryl methyl sites for hydroxylation is 1. The first-order valence-electron chi connectivity index (χ1n) is 10.2. The van der Waals surface area contributed by atoms with Crippen molar-refractivity contribution in [1.82, 2.24) is 4.90 Å². The van der Waals surface area contributed by atoms with Gasteiger partial charge in [0.05, 0.1) is 5.56 Å². The maximum atomic E-state index is 13.2. The number of rotatable bonds is 3. The fraction of sp³-hybridized carbons (Fsp3) is 0.435. The number of likely N-dealkylation sites (tertiary alicyclic amines) is 1. The van der Waals surface area contributed by atoms with E-state index >= 15 is 0 Å². The minimum atomic E-state index is -4.40. The predicted molar refractivity (Wildman–Crippen MR) is 113 cm³/mol. The lowest BCUT2D eigenvalue weighted by atomic mass is 9.73. The van der Waals surface area contributed by atoms with Gasteiger partial charge in [0.1, 0.15) is 0 Å². The van der Waals surface area contributed by atoms with Crippen LogP contribution in [0.4, 0.5) is 13.2 Å². The fourth-order valence-corrected chi connectivity index (χ4v) is 5.90. The zero-order valence-electron chi connectivity index (χ0n) is 16.5. The van der Waals surface area contributed by atoms with Gasteiger partial charge in [-0.25, -0.2) is 0 Å². The highest BCUT2D eigenvalue weighted by Crippen LogP contribution is 2.52. The van der Waals surface area contributed by atoms with Crippen LogP contribution in [0.15, 0.2) is 46.9 Å². The topological polar surface area (TPSA) is 46.3 Å². The smallest absolute Gasteiger partial charge is 0.343 e. The Morgan fingerprint density at radius 3 is 2.53 bits per heavy atom. The lowest BCUT2D eigenvalue weighted by Crippen LogP contribution is -2.44. The molecular formula is C23H24BrF3N2O. The summed E-state index contributed by atoms with van der Waals surface area (Å²) >= 11 is 3.67. The number of hydrogen-bond acceptors (Lipinski definition) is 2. The number of amides is 1. The van der Waals surface area contributed by atoms with E-state index in [-0.39, 0.29) is 35.8 Å². The molecule has 1 heterocycles. The normalized spacial score (nSPS) is 20.4. The van der Waals surface area contributed by atoms with Gasteiger partial charge in [-0.3, -0.25) is 4.79 Å². The van der Waals surface area contributed by atoms with Gasteiger partial charge in [-0.15, -0.1) is 0 Å². The Hall–Kier alpha value is -1.86. The van der Waals surface area contributed by atoms with Gasteiger partial charge in [0.15, 0.2) is 0 Å². The van der Waals surface area contributed by atoms with E-state index in [1.165, 1.54) is 23.3 Å². The molecule has 3 nitrogen and oxygen atoms in total. The Morgan fingerprint density at radius 2 is 1.83 bits per heavy atom. The molecule has 2 aromatic carbocycles. The summed E-state index contributed by atoms with van der Waals surface area (Å²) in [6, 6.07) is 11.6. The maximum absolute atomic E-state index is 13.2. The van der Waals surface area contributed by atoms with E-state index in [2.05, 4.69) is 22.0 Å². The first-order chi connectivity index (χ1) is 14.2. The molecule has 30 heavy (non-hydrogen) atoms. The van der Waals surface area contributed by atoms with Crippen molar-refractivity contribution in [1.29, 1.82) is 0 Å². The number of fused-ring (bicyclic) bond motifs is 2. The van der Waals surface area contributed by atoms with Crippen LogP contribution in [0, 0.1) is 0 Å². The zero-order chi connectivity index (χ0) is 21.5. The molecule has 1 amide bonds. The summed E-state index contributed by atoms with van der Waals surface area (Å²) < 4.78 is 40.6. The van der Waals surface area contributed by atoms with Crippen molar-refractivity contribution < 1.29 is 18.0 Å². The summed E-state index contributed by atoms with van der Waals surface area (Å²) in [5.74, 6) is -0.0866. The lowest BCUT2D eigenvalue weighted by molar-refractivity contribution is -0.139. The third kappa shape index (κ3) is 3.89. The zero-order valence-corrected chi connectivity index (χ0v) is 18.1. The predicted octanol–water partition coefficient (Wildman–Crippen LogP) is 5.36. The van der Waals surface area contributed by atoms with Gasteiger partial charge in [-0.2, -0.15) is 13.2 Å². The number of alkyl halides is 3. The molecule has 4 rings (SSSR count). The summed E-state index contributed by atoms with van der Waals surface area (Å²) in [5, 5.41) is 0. The number of carbonyl (C=O) groups is 1. The van der Waals surface area contributed by atoms with E-state index in [4.69, 9.17) is 5.73 Å². The van der Waals surface area contributed by atoms with Gasteiger partial charge in [0.2, 0.25) is 5.91 Å². The van der Waals surface area contributed by atoms with E-state index in [9.17, 15) is 18.0 Å². The van der Waals surface area contributed by atoms with Crippen LogP contribution in [0.2, 0.25) is 0 Å². The van der Waals surface area contributed by atoms with Crippen LogP contribution in [-0.2, 0) is 22.8 Å². The summed E-state index contributed by atoms with van der Waals surface area (Å²) in [4.78, 5) is 14.5. The van der Waals surface area contributed by atoms with Gasteiger partial charge in [0, 0.05) is 35.4 Å². The molecule has 0 bridgehead atoms. The third-order valence-corrected chi connectivity index (χ3v) is 7.25. The highest BCUT2D eigenvalue weighted by Gasteiger charge is 2.46. The molecule has 160 valence electrons. The van der Waals surface area contributed by atoms with Crippen LogP contribution in [0.3, 0.4) is 0 Å². The molecule has 0 radical (unpaired) electrons. The van der Waals surface area contributed by atoms with Crippen LogP contribution in [0.25, 0.3) is 0 Å². The molecule has 1 fully saturated rings. The highest BCUT2D eigenvalue weighted by atomic mass is 79.9. The number of piperidine rings is 1. The fourth-order valence-electron chi connectivity index (χ4n) is 5.10. The largest absolute Gasteiger partial charge is 0.416 e. The Morgan fingerprint density at radius 1 is 1.13 bits per heavy atom. The third-order valence-electron chi connectivity index (χ3n) is 6.59. The molecule has 2 aromatic rings. The Kier molecular flexibility index (Phi) is 5.70. The molecule has 1 atom stereocenters. The SMILES string of the molecule is NC1CC2(CCN(C(=O)CCc3ccccc3C(F)(F)F)CC2)c2c(Br)cccc21. The molecule has 0 aromatic heterocycles. The lowest BCUT2D eigenvalue weighted by Gasteiger charge is -2.40. The second-order valence-corrected chi connectivity index (χ2v) is 9.19. The Bertz CT molecular complexity index is 952.